The lowest BCUT2D eigenvalue weighted by molar-refractivity contribution is -0.121. The van der Waals surface area contributed by atoms with Gasteiger partial charge in [0.25, 0.3) is 0 Å². The minimum atomic E-state index is -0.387. The van der Waals surface area contributed by atoms with Crippen LogP contribution in [0.4, 0.5) is 0 Å². The summed E-state index contributed by atoms with van der Waals surface area (Å²) in [6.45, 7) is 2.27. The van der Waals surface area contributed by atoms with Crippen molar-refractivity contribution in [1.29, 1.82) is 0 Å². The van der Waals surface area contributed by atoms with Gasteiger partial charge in [-0.25, -0.2) is 10.2 Å². The molecule has 0 aromatic heterocycles. The number of halogens is 1. The summed E-state index contributed by atoms with van der Waals surface area (Å²) in [6, 6.07) is 14.3. The first-order valence-corrected chi connectivity index (χ1v) is 15.6. The number of carbonyl (C=O) groups is 2. The van der Waals surface area contributed by atoms with Crippen LogP contribution < -0.4 is 10.2 Å². The molecule has 0 atom stereocenters. The molecule has 0 radical (unpaired) electrons. The van der Waals surface area contributed by atoms with E-state index in [1.54, 1.807) is 36.5 Å². The Balaban J connectivity index is 1.46. The van der Waals surface area contributed by atoms with E-state index in [0.717, 1.165) is 22.0 Å². The molecule has 0 aliphatic heterocycles. The lowest BCUT2D eigenvalue weighted by Crippen LogP contribution is -2.16. The molecule has 6 heteroatoms. The van der Waals surface area contributed by atoms with Gasteiger partial charge in [-0.3, -0.25) is 4.79 Å². The van der Waals surface area contributed by atoms with E-state index in [1.807, 2.05) is 18.2 Å². The molecule has 2 aromatic rings. The Morgan fingerprint density at radius 2 is 1.29 bits per heavy atom. The number of hydrogen-bond donors (Lipinski definition) is 1. The van der Waals surface area contributed by atoms with E-state index in [-0.39, 0.29) is 11.9 Å². The molecule has 1 N–H and O–H groups in total. The molecule has 0 aliphatic rings. The third-order valence-corrected chi connectivity index (χ3v) is 7.54. The fraction of sp³-hybridized carbons (Fsp3) is 0.531. The van der Waals surface area contributed by atoms with E-state index >= 15 is 0 Å². The Bertz CT molecular complexity index is 959. The number of hydrazone groups is 1. The molecule has 1 amide bonds. The molecule has 5 nitrogen and oxygen atoms in total. The summed E-state index contributed by atoms with van der Waals surface area (Å²) < 4.78 is 6.29. The van der Waals surface area contributed by atoms with Crippen LogP contribution in [0.2, 0.25) is 0 Å². The van der Waals surface area contributed by atoms with Gasteiger partial charge in [0.05, 0.1) is 11.8 Å². The number of esters is 1. The Labute approximate surface area is 243 Å². The number of benzene rings is 2. The molecule has 0 unspecified atom stereocenters. The summed E-state index contributed by atoms with van der Waals surface area (Å²) in [4.78, 5) is 24.3. The quantitative estimate of drug-likeness (QED) is 0.0395. The number of nitrogens with one attached hydrogen (secondary N) is 1. The van der Waals surface area contributed by atoms with Crippen molar-refractivity contribution < 1.29 is 14.3 Å². The second kappa shape index (κ2) is 20.7. The monoisotopic (exact) mass is 632 g/mol. The first-order valence-electron chi connectivity index (χ1n) is 14.5. The van der Waals surface area contributed by atoms with E-state index in [4.69, 9.17) is 4.74 Å². The highest BCUT2D eigenvalue weighted by Crippen LogP contribution is 2.17. The van der Waals surface area contributed by atoms with Gasteiger partial charge in [-0.15, -0.1) is 0 Å². The van der Waals surface area contributed by atoms with Crippen LogP contribution in [0.3, 0.4) is 0 Å². The van der Waals surface area contributed by atoms with Crippen LogP contribution in [0.25, 0.3) is 0 Å². The Morgan fingerprint density at radius 1 is 0.763 bits per heavy atom. The zero-order chi connectivity index (χ0) is 27.3. The molecule has 208 valence electrons. The Morgan fingerprint density at radius 3 is 1.84 bits per heavy atom. The summed E-state index contributed by atoms with van der Waals surface area (Å²) in [5.74, 6) is 0.0189. The molecule has 2 aromatic carbocycles. The summed E-state index contributed by atoms with van der Waals surface area (Å²) in [7, 11) is 0. The van der Waals surface area contributed by atoms with Gasteiger partial charge in [-0.2, -0.15) is 5.10 Å². The van der Waals surface area contributed by atoms with Gasteiger partial charge in [0.15, 0.2) is 0 Å². The molecule has 38 heavy (non-hydrogen) atoms. The molecule has 0 bridgehead atoms. The SMILES string of the molecule is CCCCCCCCCCCCCCCCCC(=O)NN=Cc1ccc(OC(=O)c2ccccc2I)cc1. The fourth-order valence-corrected chi connectivity index (χ4v) is 4.91. The normalized spacial score (nSPS) is 11.1. The standard InChI is InChI=1S/C32H45IN2O3/c1-2-3-4-5-6-7-8-9-10-11-12-13-14-15-16-21-31(36)35-34-26-27-22-24-28(25-23-27)38-32(37)29-19-17-18-20-30(29)33/h17-20,22-26H,2-16,21H2,1H3,(H,35,36). The van der Waals surface area contributed by atoms with Crippen molar-refractivity contribution in [2.45, 2.75) is 110 Å². The van der Waals surface area contributed by atoms with Gasteiger partial charge in [-0.1, -0.05) is 109 Å². The number of carbonyl (C=O) groups excluding carboxylic acids is 2. The van der Waals surface area contributed by atoms with Gasteiger partial charge in [0.1, 0.15) is 5.75 Å². The number of hydrogen-bond acceptors (Lipinski definition) is 4. The van der Waals surface area contributed by atoms with Gasteiger partial charge < -0.3 is 4.74 Å². The third kappa shape index (κ3) is 14.6. The topological polar surface area (TPSA) is 67.8 Å². The third-order valence-electron chi connectivity index (χ3n) is 6.59. The number of unbranched alkanes of at least 4 members (excludes halogenated alkanes) is 14. The van der Waals surface area contributed by atoms with Gasteiger partial charge >= 0.3 is 5.97 Å². The zero-order valence-electron chi connectivity index (χ0n) is 23.1. The maximum atomic E-state index is 12.3. The highest BCUT2D eigenvalue weighted by Gasteiger charge is 2.11. The minimum absolute atomic E-state index is 0.0565. The maximum absolute atomic E-state index is 12.3. The molecule has 0 saturated carbocycles. The first kappa shape index (κ1) is 32.0. The Hall–Kier alpha value is -2.22. The molecule has 0 aliphatic carbocycles. The van der Waals surface area contributed by atoms with Crippen LogP contribution in [0.5, 0.6) is 5.75 Å². The number of amides is 1. The van der Waals surface area contributed by atoms with Crippen molar-refractivity contribution in [2.24, 2.45) is 5.10 Å². The van der Waals surface area contributed by atoms with E-state index in [9.17, 15) is 9.59 Å². The van der Waals surface area contributed by atoms with Gasteiger partial charge in [-0.05, 0) is 71.0 Å². The second-order valence-electron chi connectivity index (χ2n) is 9.93. The molecule has 0 heterocycles. The summed E-state index contributed by atoms with van der Waals surface area (Å²) in [6.07, 6.45) is 21.8. The Kier molecular flexibility index (Phi) is 17.4. The highest BCUT2D eigenvalue weighted by molar-refractivity contribution is 14.1. The average molecular weight is 633 g/mol. The van der Waals surface area contributed by atoms with Crippen LogP contribution in [-0.2, 0) is 4.79 Å². The van der Waals surface area contributed by atoms with E-state index in [2.05, 4.69) is 40.0 Å². The second-order valence-corrected chi connectivity index (χ2v) is 11.1. The van der Waals surface area contributed by atoms with Crippen molar-refractivity contribution >= 4 is 40.7 Å². The zero-order valence-corrected chi connectivity index (χ0v) is 25.2. The largest absolute Gasteiger partial charge is 0.423 e. The van der Waals surface area contributed by atoms with Crippen molar-refractivity contribution in [3.63, 3.8) is 0 Å². The van der Waals surface area contributed by atoms with Gasteiger partial charge in [0, 0.05) is 9.99 Å². The van der Waals surface area contributed by atoms with Crippen molar-refractivity contribution in [2.75, 3.05) is 0 Å². The van der Waals surface area contributed by atoms with Crippen LogP contribution in [0.1, 0.15) is 126 Å². The van der Waals surface area contributed by atoms with Crippen molar-refractivity contribution in [1.82, 2.24) is 5.43 Å². The molecular formula is C32H45IN2O3. The lowest BCUT2D eigenvalue weighted by Gasteiger charge is -2.06. The van der Waals surface area contributed by atoms with E-state index < -0.39 is 0 Å². The molecule has 0 fully saturated rings. The van der Waals surface area contributed by atoms with Gasteiger partial charge in [0.2, 0.25) is 5.91 Å². The average Bonchev–Trinajstić information content (AvgIpc) is 2.92. The summed E-state index contributed by atoms with van der Waals surface area (Å²) in [5, 5.41) is 4.05. The van der Waals surface area contributed by atoms with Crippen LogP contribution >= 0.6 is 22.6 Å². The van der Waals surface area contributed by atoms with E-state index in [0.29, 0.717) is 17.7 Å². The first-order chi connectivity index (χ1) is 18.6. The predicted octanol–water partition coefficient (Wildman–Crippen LogP) is 9.22. The molecular weight excluding hydrogens is 587 g/mol. The van der Waals surface area contributed by atoms with E-state index in [1.165, 1.54) is 83.5 Å². The molecule has 0 saturated heterocycles. The van der Waals surface area contributed by atoms with Crippen LogP contribution in [-0.4, -0.2) is 18.1 Å². The van der Waals surface area contributed by atoms with Crippen molar-refractivity contribution in [3.8, 4) is 5.75 Å². The summed E-state index contributed by atoms with van der Waals surface area (Å²) >= 11 is 2.12. The smallest absolute Gasteiger partial charge is 0.344 e. The fourth-order valence-electron chi connectivity index (χ4n) is 4.30. The van der Waals surface area contributed by atoms with Crippen LogP contribution in [0, 0.1) is 3.57 Å². The summed E-state index contributed by atoms with van der Waals surface area (Å²) in [5.41, 5.74) is 3.95. The van der Waals surface area contributed by atoms with Crippen molar-refractivity contribution in [3.05, 3.63) is 63.2 Å². The lowest BCUT2D eigenvalue weighted by atomic mass is 10.0. The predicted molar refractivity (Wildman–Crippen MR) is 166 cm³/mol. The highest BCUT2D eigenvalue weighted by atomic mass is 127. The maximum Gasteiger partial charge on any atom is 0.344 e. The molecule has 2 rings (SSSR count). The number of nitrogens with zero attached hydrogens (tertiary/aromatic N) is 1. The van der Waals surface area contributed by atoms with Crippen LogP contribution in [0.15, 0.2) is 53.6 Å². The molecule has 0 spiro atoms. The minimum Gasteiger partial charge on any atom is -0.423 e. The number of rotatable bonds is 20. The number of ether oxygens (including phenoxy) is 1.